The van der Waals surface area contributed by atoms with Gasteiger partial charge in [0, 0.05) is 18.4 Å². The molecule has 2 heterocycles. The van der Waals surface area contributed by atoms with Crippen molar-refractivity contribution in [1.82, 2.24) is 19.7 Å². The largest absolute Gasteiger partial charge is 0.298 e. The normalized spacial score (nSPS) is 16.0. The average Bonchev–Trinajstić information content (AvgIpc) is 3.01. The smallest absolute Gasteiger partial charge is 0.182 e. The lowest BCUT2D eigenvalue weighted by atomic mass is 9.81. The number of rotatable bonds is 3. The third-order valence-electron chi connectivity index (χ3n) is 3.74. The molecule has 0 amide bonds. The van der Waals surface area contributed by atoms with Crippen LogP contribution in [0.1, 0.15) is 35.3 Å². The van der Waals surface area contributed by atoms with Crippen LogP contribution in [0.2, 0.25) is 0 Å². The van der Waals surface area contributed by atoms with E-state index in [1.165, 1.54) is 17.3 Å². The van der Waals surface area contributed by atoms with Gasteiger partial charge in [-0.25, -0.2) is 14.6 Å². The van der Waals surface area contributed by atoms with Crippen LogP contribution in [0.3, 0.4) is 0 Å². The van der Waals surface area contributed by atoms with Crippen LogP contribution in [0.15, 0.2) is 24.8 Å². The highest BCUT2D eigenvalue weighted by atomic mass is 16.2. The van der Waals surface area contributed by atoms with Crippen molar-refractivity contribution in [3.63, 3.8) is 0 Å². The predicted octanol–water partition coefficient (Wildman–Crippen LogP) is 1.09. The summed E-state index contributed by atoms with van der Waals surface area (Å²) in [6.45, 7) is 1.67. The standard InChI is InChI=1S/C15H14N4O3/c1-9-10(5-6-13(18-9)19-8-16-7-17-19)15(22)14-11(20)3-2-4-12(14)21/h5-8,14H,2-4H2,1H3. The fraction of sp³-hybridized carbons (Fsp3) is 0.333. The van der Waals surface area contributed by atoms with E-state index in [1.807, 2.05) is 0 Å². The summed E-state index contributed by atoms with van der Waals surface area (Å²) in [5.74, 6) is -1.67. The van der Waals surface area contributed by atoms with Gasteiger partial charge in [0.15, 0.2) is 23.2 Å². The Kier molecular flexibility index (Phi) is 3.62. The third-order valence-corrected chi connectivity index (χ3v) is 3.74. The number of hydrogen-bond acceptors (Lipinski definition) is 6. The highest BCUT2D eigenvalue weighted by Crippen LogP contribution is 2.23. The van der Waals surface area contributed by atoms with Crippen LogP contribution >= 0.6 is 0 Å². The van der Waals surface area contributed by atoms with Gasteiger partial charge in [0.25, 0.3) is 0 Å². The Morgan fingerprint density at radius 3 is 2.55 bits per heavy atom. The Hall–Kier alpha value is -2.70. The second kappa shape index (κ2) is 5.59. The van der Waals surface area contributed by atoms with E-state index < -0.39 is 11.7 Å². The molecule has 1 saturated carbocycles. The number of aromatic nitrogens is 4. The molecule has 0 aromatic carbocycles. The number of aryl methyl sites for hydroxylation is 1. The SMILES string of the molecule is Cc1nc(-n2cncn2)ccc1C(=O)C1C(=O)CCCC1=O. The summed E-state index contributed by atoms with van der Waals surface area (Å²) >= 11 is 0. The molecule has 7 heteroatoms. The molecule has 0 aliphatic heterocycles. The number of ketones is 3. The molecular formula is C15H14N4O3. The number of hydrogen-bond donors (Lipinski definition) is 0. The van der Waals surface area contributed by atoms with E-state index in [9.17, 15) is 14.4 Å². The predicted molar refractivity (Wildman–Crippen MR) is 75.6 cm³/mol. The van der Waals surface area contributed by atoms with Crippen molar-refractivity contribution in [3.05, 3.63) is 36.0 Å². The molecule has 0 spiro atoms. The summed E-state index contributed by atoms with van der Waals surface area (Å²) in [6, 6.07) is 3.20. The zero-order chi connectivity index (χ0) is 15.7. The Labute approximate surface area is 126 Å². The lowest BCUT2D eigenvalue weighted by molar-refractivity contribution is -0.133. The molecule has 7 nitrogen and oxygen atoms in total. The Balaban J connectivity index is 1.93. The van der Waals surface area contributed by atoms with E-state index in [0.29, 0.717) is 23.5 Å². The maximum absolute atomic E-state index is 12.5. The minimum atomic E-state index is -1.16. The molecule has 0 radical (unpaired) electrons. The molecule has 2 aromatic heterocycles. The highest BCUT2D eigenvalue weighted by molar-refractivity contribution is 6.25. The summed E-state index contributed by atoms with van der Waals surface area (Å²) in [5, 5.41) is 3.97. The molecular weight excluding hydrogens is 284 g/mol. The van der Waals surface area contributed by atoms with Crippen LogP contribution in [-0.2, 0) is 9.59 Å². The van der Waals surface area contributed by atoms with Crippen LogP contribution in [0, 0.1) is 12.8 Å². The first-order chi connectivity index (χ1) is 10.6. The minimum absolute atomic E-state index is 0.283. The van der Waals surface area contributed by atoms with Gasteiger partial charge < -0.3 is 0 Å². The summed E-state index contributed by atoms with van der Waals surface area (Å²) < 4.78 is 1.47. The van der Waals surface area contributed by atoms with Crippen LogP contribution < -0.4 is 0 Å². The van der Waals surface area contributed by atoms with E-state index in [4.69, 9.17) is 0 Å². The minimum Gasteiger partial charge on any atom is -0.298 e. The van der Waals surface area contributed by atoms with Gasteiger partial charge in [-0.1, -0.05) is 0 Å². The lowest BCUT2D eigenvalue weighted by Crippen LogP contribution is -2.35. The van der Waals surface area contributed by atoms with Crippen molar-refractivity contribution >= 4 is 17.3 Å². The van der Waals surface area contributed by atoms with E-state index in [-0.39, 0.29) is 24.4 Å². The maximum atomic E-state index is 12.5. The van der Waals surface area contributed by atoms with E-state index in [0.717, 1.165) is 0 Å². The molecule has 0 unspecified atom stereocenters. The fourth-order valence-corrected chi connectivity index (χ4v) is 2.62. The zero-order valence-corrected chi connectivity index (χ0v) is 12.0. The summed E-state index contributed by atoms with van der Waals surface area (Å²) in [7, 11) is 0. The van der Waals surface area contributed by atoms with Gasteiger partial charge in [-0.05, 0) is 25.5 Å². The van der Waals surface area contributed by atoms with Gasteiger partial charge in [-0.2, -0.15) is 5.10 Å². The van der Waals surface area contributed by atoms with Crippen LogP contribution in [-0.4, -0.2) is 37.1 Å². The molecule has 112 valence electrons. The van der Waals surface area contributed by atoms with Crippen molar-refractivity contribution in [1.29, 1.82) is 0 Å². The second-order valence-corrected chi connectivity index (χ2v) is 5.23. The topological polar surface area (TPSA) is 94.8 Å². The summed E-state index contributed by atoms with van der Waals surface area (Å²) in [5.41, 5.74) is 0.765. The van der Waals surface area contributed by atoms with E-state index >= 15 is 0 Å². The van der Waals surface area contributed by atoms with Crippen molar-refractivity contribution in [3.8, 4) is 5.82 Å². The zero-order valence-electron chi connectivity index (χ0n) is 12.0. The first-order valence-electron chi connectivity index (χ1n) is 7.00. The molecule has 3 rings (SSSR count). The van der Waals surface area contributed by atoms with Crippen molar-refractivity contribution in [2.75, 3.05) is 0 Å². The number of carbonyl (C=O) groups is 3. The van der Waals surface area contributed by atoms with Crippen LogP contribution in [0.4, 0.5) is 0 Å². The summed E-state index contributed by atoms with van der Waals surface area (Å²) in [6.07, 6.45) is 3.98. The number of Topliss-reactive ketones (excluding diaryl/α,β-unsaturated/α-hetero) is 3. The van der Waals surface area contributed by atoms with Crippen molar-refractivity contribution in [2.45, 2.75) is 26.2 Å². The van der Waals surface area contributed by atoms with Gasteiger partial charge in [0.2, 0.25) is 0 Å². The first kappa shape index (κ1) is 14.2. The molecule has 0 atom stereocenters. The van der Waals surface area contributed by atoms with Crippen LogP contribution in [0.5, 0.6) is 0 Å². The van der Waals surface area contributed by atoms with Crippen LogP contribution in [0.25, 0.3) is 5.82 Å². The molecule has 0 bridgehead atoms. The third kappa shape index (κ3) is 2.45. The lowest BCUT2D eigenvalue weighted by Gasteiger charge is -2.18. The number of carbonyl (C=O) groups excluding carboxylic acids is 3. The molecule has 0 N–H and O–H groups in total. The Bertz CT molecular complexity index is 736. The Morgan fingerprint density at radius 2 is 1.95 bits per heavy atom. The van der Waals surface area contributed by atoms with Gasteiger partial charge in [0.1, 0.15) is 18.6 Å². The van der Waals surface area contributed by atoms with Crippen molar-refractivity contribution in [2.24, 2.45) is 5.92 Å². The Morgan fingerprint density at radius 1 is 1.23 bits per heavy atom. The first-order valence-corrected chi connectivity index (χ1v) is 7.00. The van der Waals surface area contributed by atoms with Gasteiger partial charge in [-0.15, -0.1) is 0 Å². The molecule has 0 saturated heterocycles. The van der Waals surface area contributed by atoms with Gasteiger partial charge in [-0.3, -0.25) is 14.4 Å². The number of nitrogens with zero attached hydrogens (tertiary/aromatic N) is 4. The summed E-state index contributed by atoms with van der Waals surface area (Å²) in [4.78, 5) is 44.5. The van der Waals surface area contributed by atoms with Crippen molar-refractivity contribution < 1.29 is 14.4 Å². The highest BCUT2D eigenvalue weighted by Gasteiger charge is 2.37. The average molecular weight is 298 g/mol. The fourth-order valence-electron chi connectivity index (χ4n) is 2.62. The second-order valence-electron chi connectivity index (χ2n) is 5.23. The molecule has 22 heavy (non-hydrogen) atoms. The quantitative estimate of drug-likeness (QED) is 0.622. The monoisotopic (exact) mass is 298 g/mol. The number of pyridine rings is 1. The molecule has 1 aliphatic rings. The van der Waals surface area contributed by atoms with Gasteiger partial charge >= 0.3 is 0 Å². The van der Waals surface area contributed by atoms with Gasteiger partial charge in [0.05, 0.1) is 5.69 Å². The molecule has 2 aromatic rings. The molecule has 1 aliphatic carbocycles. The van der Waals surface area contributed by atoms with E-state index in [1.54, 1.807) is 19.1 Å². The van der Waals surface area contributed by atoms with E-state index in [2.05, 4.69) is 15.1 Å². The molecule has 1 fully saturated rings. The maximum Gasteiger partial charge on any atom is 0.182 e.